The Bertz CT molecular complexity index is 755. The average molecular weight is 572 g/mol. The van der Waals surface area contributed by atoms with Gasteiger partial charge in [0.05, 0.1) is 18.6 Å². The molecule has 53 radical (unpaired) electrons. The van der Waals surface area contributed by atoms with Crippen LogP contribution in [0.15, 0.2) is 0 Å². The Morgan fingerprint density at radius 1 is 0.235 bits per heavy atom. The molecule has 0 rings (SSSR count). The van der Waals surface area contributed by atoms with Gasteiger partial charge in [-0.2, -0.15) is 0 Å². The zero-order valence-corrected chi connectivity index (χ0v) is 30.2. The first-order valence-corrected chi connectivity index (χ1v) is 18.0. The highest BCUT2D eigenvalue weighted by molar-refractivity contribution is 8.61. The number of hydrogen-bond donors (Lipinski definition) is 0. The van der Waals surface area contributed by atoms with Crippen LogP contribution in [-0.2, 0) is 0 Å². The molecule has 0 spiro atoms. The minimum absolute atomic E-state index is 1.11. The van der Waals surface area contributed by atoms with E-state index in [0.29, 0.717) is 0 Å². The van der Waals surface area contributed by atoms with Crippen molar-refractivity contribution < 1.29 is 0 Å². The highest BCUT2D eigenvalue weighted by Crippen LogP contribution is 2.51. The predicted octanol–water partition coefficient (Wildman–Crippen LogP) is -18.2. The summed E-state index contributed by atoms with van der Waals surface area (Å²) in [5.74, 6) is 0. The van der Waals surface area contributed by atoms with Gasteiger partial charge in [0.15, 0.2) is 0 Å². The largest absolute Gasteiger partial charge is 0.253 e. The summed E-state index contributed by atoms with van der Waals surface area (Å²) in [6, 6.07) is 0. The third-order valence-corrected chi connectivity index (χ3v) is 14.0. The maximum atomic E-state index is 6.80. The molecule has 0 aromatic heterocycles. The molecule has 0 aromatic rings. The molecule has 0 N–H and O–H groups in total. The Labute approximate surface area is 359 Å². The molecule has 0 aliphatic rings. The molecule has 0 aliphatic heterocycles. The summed E-state index contributed by atoms with van der Waals surface area (Å²) >= 11 is 0. The van der Waals surface area contributed by atoms with E-state index in [9.17, 15) is 0 Å². The lowest BCUT2D eigenvalue weighted by Gasteiger charge is -2.59. The minimum Gasteiger partial charge on any atom is -0.253 e. The fourth-order valence-corrected chi connectivity index (χ4v) is 13.7. The second-order valence-corrected chi connectivity index (χ2v) is 16.3. The van der Waals surface area contributed by atoms with Crippen LogP contribution < -0.4 is 0 Å². The lowest BCUT2D eigenvalue weighted by atomic mass is 8.44. The van der Waals surface area contributed by atoms with Gasteiger partial charge in [0, 0.05) is 336 Å². The molecule has 0 fully saturated rings. The topological polar surface area (TPSA) is 0 Å². The van der Waals surface area contributed by atoms with Crippen molar-refractivity contribution in [3.05, 3.63) is 0 Å². The summed E-state index contributed by atoms with van der Waals surface area (Å²) in [6.45, 7) is 0. The van der Waals surface area contributed by atoms with Crippen LogP contribution in [0.3, 0.4) is 0 Å². The van der Waals surface area contributed by atoms with E-state index in [1.807, 2.05) is 0 Å². The van der Waals surface area contributed by atoms with E-state index in [1.54, 1.807) is 0 Å². The van der Waals surface area contributed by atoms with Crippen molar-refractivity contribution >= 4 is 362 Å². The van der Waals surface area contributed by atoms with Crippen LogP contribution in [0.1, 0.15) is 0 Å². The van der Waals surface area contributed by atoms with Crippen molar-refractivity contribution in [1.29, 1.82) is 0 Å². The van der Waals surface area contributed by atoms with Gasteiger partial charge in [0.2, 0.25) is 0 Å². The Balaban J connectivity index is 9.62. The lowest BCUT2D eigenvalue weighted by molar-refractivity contribution is 3.29. The van der Waals surface area contributed by atoms with E-state index in [4.69, 9.17) is 201 Å². The Morgan fingerprint density at radius 2 is 0.392 bits per heavy atom. The Morgan fingerprint density at radius 3 is 0.529 bits per heavy atom. The molecule has 0 nitrogen and oxygen atoms in total. The van der Waals surface area contributed by atoms with Crippen LogP contribution >= 0.6 is 7.56 Å². The standard InChI is InChI=1S/B50P/c1-27-40(26)47(41(28(2)3)29(4)5)50(46(38(22)23)39(24)25)51(48(42(30(6)7)31(8)9)43(32(10)11)33(12)13)49(44(34(14)15)35(16)17)45(36(18)19)37(20)21. The predicted molar refractivity (Wildman–Crippen MR) is 295 cm³/mol. The summed E-state index contributed by atoms with van der Waals surface area (Å²) in [5.41, 5.74) is 0. The van der Waals surface area contributed by atoms with E-state index in [-0.39, 0.29) is 0 Å². The van der Waals surface area contributed by atoms with Gasteiger partial charge in [0.25, 0.3) is 0 Å². The third-order valence-electron chi connectivity index (χ3n) is 9.84. The van der Waals surface area contributed by atoms with E-state index in [2.05, 4.69) is 0 Å². The minimum atomic E-state index is -2.41. The molecular formula is B50P. The molecule has 0 aromatic carbocycles. The zero-order valence-electron chi connectivity index (χ0n) is 29.3. The van der Waals surface area contributed by atoms with E-state index in [0.717, 1.165) is 7.06 Å². The first-order chi connectivity index (χ1) is 23.2. The molecule has 0 bridgehead atoms. The second-order valence-electron chi connectivity index (χ2n) is 13.7. The molecular weight excluding hydrogens is 572 g/mol. The molecule has 155 valence electrons. The molecule has 0 saturated heterocycles. The van der Waals surface area contributed by atoms with Crippen molar-refractivity contribution in [2.45, 2.75) is 0 Å². The molecule has 0 aliphatic carbocycles. The lowest BCUT2D eigenvalue weighted by Crippen LogP contribution is -2.84. The average Bonchev–Trinajstić information content (AvgIpc) is 2.92. The Kier molecular flexibility index (Phi) is 27.2. The fraction of sp³-hybridized carbons (Fsp3) is 0. The van der Waals surface area contributed by atoms with Crippen molar-refractivity contribution in [1.82, 2.24) is 0 Å². The van der Waals surface area contributed by atoms with Gasteiger partial charge in [0.1, 0.15) is 0 Å². The first kappa shape index (κ1) is 54.7. The van der Waals surface area contributed by atoms with Gasteiger partial charge in [-0.05, 0) is 0 Å². The van der Waals surface area contributed by atoms with Crippen LogP contribution in [0.25, 0.3) is 0 Å². The van der Waals surface area contributed by atoms with Gasteiger partial charge >= 0.3 is 0 Å². The summed E-state index contributed by atoms with van der Waals surface area (Å²) in [4.78, 5) is 0. The van der Waals surface area contributed by atoms with E-state index < -0.39 is 154 Å². The number of rotatable bonds is 24. The van der Waals surface area contributed by atoms with Crippen molar-refractivity contribution in [2.24, 2.45) is 0 Å². The van der Waals surface area contributed by atoms with Crippen molar-refractivity contribution in [3.63, 3.8) is 0 Å². The highest BCUT2D eigenvalue weighted by atomic mass is 31.1. The normalized spacial score (nSPS) is 9.82. The van der Waals surface area contributed by atoms with Crippen LogP contribution in [0, 0.1) is 0 Å². The molecule has 51 heteroatoms. The van der Waals surface area contributed by atoms with Crippen LogP contribution in [0.4, 0.5) is 0 Å². The van der Waals surface area contributed by atoms with Gasteiger partial charge in [-0.15, -0.1) is 0 Å². The van der Waals surface area contributed by atoms with Crippen LogP contribution in [0.5, 0.6) is 0 Å². The quantitative estimate of drug-likeness (QED) is 0.0799. The van der Waals surface area contributed by atoms with Crippen molar-refractivity contribution in [3.8, 4) is 0 Å². The SMILES string of the molecule is [B][B]B([B])B(B(B([B])[B])B([B])[B])B(B(B([B])[B])B([B])[B])P(B(B(B([B])[B])B([B])[B])B(B([B])[B])B([B])[B])B(B(B([B])[B])B([B])[B])B(B([B])[B])B([B])[B]. The van der Waals surface area contributed by atoms with E-state index >= 15 is 0 Å². The number of hydrogen-bond acceptors (Lipinski definition) is 0. The highest BCUT2D eigenvalue weighted by Gasteiger charge is 2.59. The second kappa shape index (κ2) is 25.3. The summed E-state index contributed by atoms with van der Waals surface area (Å²) in [7, 11) is 167. The first-order valence-electron chi connectivity index (χ1n) is 16.4. The molecule has 51 heavy (non-hydrogen) atoms. The van der Waals surface area contributed by atoms with Gasteiger partial charge < -0.3 is 0 Å². The van der Waals surface area contributed by atoms with E-state index in [1.165, 1.54) is 0 Å². The molecule has 0 amide bonds. The Hall–Kier alpha value is 3.68. The van der Waals surface area contributed by atoms with Gasteiger partial charge in [-0.3, -0.25) is 7.56 Å². The molecule has 0 atom stereocenters. The summed E-state index contributed by atoms with van der Waals surface area (Å²) in [6.07, 6.45) is -28.8. The molecule has 0 saturated carbocycles. The fourth-order valence-electron chi connectivity index (χ4n) is 7.73. The molecule has 0 heterocycles. The van der Waals surface area contributed by atoms with Crippen molar-refractivity contribution in [2.75, 3.05) is 0 Å². The van der Waals surface area contributed by atoms with Crippen LogP contribution in [0.2, 0.25) is 0 Å². The summed E-state index contributed by atoms with van der Waals surface area (Å²) < 4.78 is 0. The third kappa shape index (κ3) is 15.0. The summed E-state index contributed by atoms with van der Waals surface area (Å²) in [5, 5.41) is 0. The zero-order chi connectivity index (χ0) is 40.6. The monoisotopic (exact) mass is 581 g/mol. The van der Waals surface area contributed by atoms with Crippen LogP contribution in [-0.4, -0.2) is 355 Å². The smallest absolute Gasteiger partial charge is 0.0527 e. The maximum absolute atomic E-state index is 6.80. The van der Waals surface area contributed by atoms with Gasteiger partial charge in [-0.25, -0.2) is 0 Å². The molecule has 0 unspecified atom stereocenters. The maximum Gasteiger partial charge on any atom is 0.0527 e. The van der Waals surface area contributed by atoms with Gasteiger partial charge in [-0.1, -0.05) is 0 Å².